The van der Waals surface area contributed by atoms with Gasteiger partial charge in [0.05, 0.1) is 0 Å². The maximum Gasteiger partial charge on any atom is 0.258 e. The molecule has 0 saturated heterocycles. The molecule has 1 amide bonds. The number of halogens is 1. The first kappa shape index (κ1) is 22.5. The quantitative estimate of drug-likeness (QED) is 0.323. The summed E-state index contributed by atoms with van der Waals surface area (Å²) in [6, 6.07) is 8.23. The Morgan fingerprint density at radius 3 is 2.42 bits per heavy atom. The molecule has 3 N–H and O–H groups in total. The van der Waals surface area contributed by atoms with Gasteiger partial charge in [-0.2, -0.15) is 0 Å². The van der Waals surface area contributed by atoms with Crippen molar-refractivity contribution in [3.05, 3.63) is 29.8 Å². The molecule has 1 fully saturated rings. The lowest BCUT2D eigenvalue weighted by molar-refractivity contribution is -0.123. The van der Waals surface area contributed by atoms with Gasteiger partial charge in [-0.25, -0.2) is 0 Å². The van der Waals surface area contributed by atoms with Crippen LogP contribution in [0.3, 0.4) is 0 Å². The average Bonchev–Trinajstić information content (AvgIpc) is 3.36. The van der Waals surface area contributed by atoms with E-state index in [9.17, 15) is 4.79 Å². The second kappa shape index (κ2) is 10.6. The summed E-state index contributed by atoms with van der Waals surface area (Å²) in [4.78, 5) is 15.8. The van der Waals surface area contributed by atoms with Gasteiger partial charge >= 0.3 is 0 Å². The van der Waals surface area contributed by atoms with Gasteiger partial charge in [-0.05, 0) is 57.7 Å². The number of rotatable bonds is 7. The fraction of sp³-hybridized carbons (Fsp3) is 0.579. The number of hydrogen-bond donors (Lipinski definition) is 3. The Balaban J connectivity index is 0.00000338. The minimum Gasteiger partial charge on any atom is -0.484 e. The highest BCUT2D eigenvalue weighted by molar-refractivity contribution is 14.0. The number of carbonyl (C=O) groups is 1. The van der Waals surface area contributed by atoms with E-state index < -0.39 is 0 Å². The number of guanidine groups is 1. The summed E-state index contributed by atoms with van der Waals surface area (Å²) in [7, 11) is 1.77. The standard InChI is InChI=1S/C19H30N4O2.HI/c1-19(2,3)23-18(20-4)21-12-11-14-5-9-16(10-6-14)25-13-17(24)22-15-7-8-15;/h5-6,9-10,15H,7-8,11-13H2,1-4H3,(H,22,24)(H2,20,21,23);1H. The van der Waals surface area contributed by atoms with E-state index in [4.69, 9.17) is 4.74 Å². The lowest BCUT2D eigenvalue weighted by Crippen LogP contribution is -2.48. The molecule has 0 aliphatic heterocycles. The van der Waals surface area contributed by atoms with Gasteiger partial charge in [-0.15, -0.1) is 24.0 Å². The van der Waals surface area contributed by atoms with Gasteiger partial charge in [0.25, 0.3) is 5.91 Å². The molecule has 2 rings (SSSR count). The maximum absolute atomic E-state index is 11.6. The number of ether oxygens (including phenoxy) is 1. The van der Waals surface area contributed by atoms with Crippen molar-refractivity contribution in [2.45, 2.75) is 51.6 Å². The Morgan fingerprint density at radius 2 is 1.88 bits per heavy atom. The SMILES string of the molecule is CN=C(NCCc1ccc(OCC(=O)NC2CC2)cc1)NC(C)(C)C.I. The van der Waals surface area contributed by atoms with Crippen LogP contribution in [0.15, 0.2) is 29.3 Å². The summed E-state index contributed by atoms with van der Waals surface area (Å²) in [5.74, 6) is 1.47. The number of carbonyl (C=O) groups excluding carboxylic acids is 1. The Hall–Kier alpha value is -1.51. The Morgan fingerprint density at radius 1 is 1.23 bits per heavy atom. The minimum atomic E-state index is -0.0477. The fourth-order valence-corrected chi connectivity index (χ4v) is 2.26. The van der Waals surface area contributed by atoms with Crippen molar-refractivity contribution in [2.24, 2.45) is 4.99 Å². The summed E-state index contributed by atoms with van der Waals surface area (Å²) >= 11 is 0. The Bertz CT molecular complexity index is 593. The molecule has 1 aliphatic carbocycles. The van der Waals surface area contributed by atoms with Crippen molar-refractivity contribution in [1.29, 1.82) is 0 Å². The van der Waals surface area contributed by atoms with E-state index in [-0.39, 0.29) is 42.0 Å². The van der Waals surface area contributed by atoms with Gasteiger partial charge in [0, 0.05) is 25.2 Å². The lowest BCUT2D eigenvalue weighted by atomic mass is 10.1. The van der Waals surface area contributed by atoms with Gasteiger partial charge in [0.1, 0.15) is 5.75 Å². The fourth-order valence-electron chi connectivity index (χ4n) is 2.26. The van der Waals surface area contributed by atoms with Crippen LogP contribution in [0, 0.1) is 0 Å². The summed E-state index contributed by atoms with van der Waals surface area (Å²) < 4.78 is 5.51. The molecule has 0 radical (unpaired) electrons. The van der Waals surface area contributed by atoms with Crippen LogP contribution in [-0.4, -0.2) is 43.6 Å². The van der Waals surface area contributed by atoms with Crippen molar-refractivity contribution >= 4 is 35.8 Å². The van der Waals surface area contributed by atoms with Crippen LogP contribution in [0.1, 0.15) is 39.2 Å². The van der Waals surface area contributed by atoms with E-state index in [0.29, 0.717) is 11.8 Å². The van der Waals surface area contributed by atoms with Crippen molar-refractivity contribution in [3.8, 4) is 5.75 Å². The number of hydrogen-bond acceptors (Lipinski definition) is 3. The number of amides is 1. The molecule has 0 atom stereocenters. The molecule has 1 aromatic rings. The summed E-state index contributed by atoms with van der Waals surface area (Å²) in [5.41, 5.74) is 1.18. The third-order valence-corrected chi connectivity index (χ3v) is 3.66. The van der Waals surface area contributed by atoms with Crippen molar-refractivity contribution in [2.75, 3.05) is 20.2 Å². The summed E-state index contributed by atoms with van der Waals surface area (Å²) in [6.45, 7) is 7.17. The van der Waals surface area contributed by atoms with E-state index in [2.05, 4.69) is 41.7 Å². The van der Waals surface area contributed by atoms with Crippen molar-refractivity contribution < 1.29 is 9.53 Å². The molecule has 1 saturated carbocycles. The van der Waals surface area contributed by atoms with E-state index in [0.717, 1.165) is 31.8 Å². The summed E-state index contributed by atoms with van der Waals surface area (Å²) in [6.07, 6.45) is 3.06. The third kappa shape index (κ3) is 9.26. The van der Waals surface area contributed by atoms with Crippen LogP contribution >= 0.6 is 24.0 Å². The zero-order valence-electron chi connectivity index (χ0n) is 16.1. The molecule has 146 valence electrons. The van der Waals surface area contributed by atoms with Crippen LogP contribution in [-0.2, 0) is 11.2 Å². The number of benzene rings is 1. The Labute approximate surface area is 173 Å². The van der Waals surface area contributed by atoms with Crippen molar-refractivity contribution in [3.63, 3.8) is 0 Å². The van der Waals surface area contributed by atoms with Crippen LogP contribution < -0.4 is 20.7 Å². The average molecular weight is 474 g/mol. The van der Waals surface area contributed by atoms with E-state index >= 15 is 0 Å². The molecule has 0 spiro atoms. The molecule has 1 aliphatic rings. The molecule has 0 unspecified atom stereocenters. The Kier molecular flexibility index (Phi) is 9.18. The van der Waals surface area contributed by atoms with Crippen LogP contribution in [0.5, 0.6) is 5.75 Å². The molecular formula is C19H31IN4O2. The zero-order valence-corrected chi connectivity index (χ0v) is 18.4. The first-order valence-corrected chi connectivity index (χ1v) is 8.85. The maximum atomic E-state index is 11.6. The van der Waals surface area contributed by atoms with Gasteiger partial charge in [0.2, 0.25) is 0 Å². The molecule has 0 bridgehead atoms. The first-order valence-electron chi connectivity index (χ1n) is 8.85. The molecular weight excluding hydrogens is 443 g/mol. The third-order valence-electron chi connectivity index (χ3n) is 3.66. The highest BCUT2D eigenvalue weighted by atomic mass is 127. The monoisotopic (exact) mass is 474 g/mol. The summed E-state index contributed by atoms with van der Waals surface area (Å²) in [5, 5.41) is 9.54. The zero-order chi connectivity index (χ0) is 18.3. The van der Waals surface area contributed by atoms with Gasteiger partial charge in [0.15, 0.2) is 12.6 Å². The molecule has 6 nitrogen and oxygen atoms in total. The van der Waals surface area contributed by atoms with E-state index in [1.54, 1.807) is 7.05 Å². The van der Waals surface area contributed by atoms with Crippen molar-refractivity contribution in [1.82, 2.24) is 16.0 Å². The number of nitrogens with one attached hydrogen (secondary N) is 3. The van der Waals surface area contributed by atoms with Crippen LogP contribution in [0.4, 0.5) is 0 Å². The normalized spacial score (nSPS) is 14.2. The van der Waals surface area contributed by atoms with Gasteiger partial charge in [-0.1, -0.05) is 12.1 Å². The predicted molar refractivity (Wildman–Crippen MR) is 116 cm³/mol. The van der Waals surface area contributed by atoms with E-state index in [1.165, 1.54) is 5.56 Å². The second-order valence-electron chi connectivity index (χ2n) is 7.40. The molecule has 0 aromatic heterocycles. The smallest absolute Gasteiger partial charge is 0.258 e. The number of nitrogens with zero attached hydrogens (tertiary/aromatic N) is 1. The molecule has 26 heavy (non-hydrogen) atoms. The van der Waals surface area contributed by atoms with Gasteiger partial charge in [-0.3, -0.25) is 9.79 Å². The topological polar surface area (TPSA) is 74.8 Å². The lowest BCUT2D eigenvalue weighted by Gasteiger charge is -2.23. The molecule has 0 heterocycles. The minimum absolute atomic E-state index is 0. The van der Waals surface area contributed by atoms with Crippen LogP contribution in [0.2, 0.25) is 0 Å². The molecule has 1 aromatic carbocycles. The predicted octanol–water partition coefficient (Wildman–Crippen LogP) is 2.47. The highest BCUT2D eigenvalue weighted by Crippen LogP contribution is 2.18. The first-order chi connectivity index (χ1) is 11.9. The van der Waals surface area contributed by atoms with E-state index in [1.807, 2.05) is 24.3 Å². The molecule has 7 heteroatoms. The van der Waals surface area contributed by atoms with Gasteiger partial charge < -0.3 is 20.7 Å². The largest absolute Gasteiger partial charge is 0.484 e. The highest BCUT2D eigenvalue weighted by Gasteiger charge is 2.23. The van der Waals surface area contributed by atoms with Crippen LogP contribution in [0.25, 0.3) is 0 Å². The number of aliphatic imine (C=N–C) groups is 1. The second-order valence-corrected chi connectivity index (χ2v) is 7.40.